The Morgan fingerprint density at radius 2 is 2.19 bits per heavy atom. The number of anilines is 1. The van der Waals surface area contributed by atoms with Crippen LogP contribution in [0.4, 0.5) is 5.82 Å². The molecule has 2 aromatic rings. The Morgan fingerprint density at radius 1 is 1.31 bits per heavy atom. The zero-order chi connectivity index (χ0) is 11.0. The molecule has 0 unspecified atom stereocenters. The highest BCUT2D eigenvalue weighted by atomic mass is 35.5. The van der Waals surface area contributed by atoms with Crippen molar-refractivity contribution in [1.29, 1.82) is 0 Å². The van der Waals surface area contributed by atoms with E-state index < -0.39 is 0 Å². The summed E-state index contributed by atoms with van der Waals surface area (Å²) < 4.78 is 0. The Bertz CT molecular complexity index is 511. The Labute approximate surface area is 103 Å². The van der Waals surface area contributed by atoms with Crippen molar-refractivity contribution in [3.8, 4) is 0 Å². The molecule has 3 nitrogen and oxygen atoms in total. The summed E-state index contributed by atoms with van der Waals surface area (Å²) in [7, 11) is 0. The van der Waals surface area contributed by atoms with Gasteiger partial charge in [0.25, 0.3) is 0 Å². The quantitative estimate of drug-likeness (QED) is 0.781. The van der Waals surface area contributed by atoms with E-state index in [1.807, 2.05) is 11.3 Å². The maximum absolute atomic E-state index is 6.05. The second kappa shape index (κ2) is 4.03. The third-order valence-electron chi connectivity index (χ3n) is 2.74. The number of nitrogens with zero attached hydrogens (tertiary/aromatic N) is 3. The third kappa shape index (κ3) is 1.68. The molecule has 0 atom stereocenters. The lowest BCUT2D eigenvalue weighted by atomic mass is 10.1. The lowest BCUT2D eigenvalue weighted by Gasteiger charge is -2.28. The normalized spacial score (nSPS) is 14.9. The van der Waals surface area contributed by atoms with Crippen molar-refractivity contribution in [1.82, 2.24) is 9.97 Å². The van der Waals surface area contributed by atoms with E-state index in [1.54, 1.807) is 12.4 Å². The molecule has 82 valence electrons. The van der Waals surface area contributed by atoms with Crippen LogP contribution in [0.15, 0.2) is 23.8 Å². The number of thiophene rings is 1. The van der Waals surface area contributed by atoms with Crippen LogP contribution in [0, 0.1) is 0 Å². The first-order valence-electron chi connectivity index (χ1n) is 5.11. The molecule has 0 aliphatic carbocycles. The van der Waals surface area contributed by atoms with Gasteiger partial charge in [-0.25, -0.2) is 9.97 Å². The molecule has 0 bridgehead atoms. The molecule has 3 heterocycles. The van der Waals surface area contributed by atoms with E-state index in [0.29, 0.717) is 5.15 Å². The lowest BCUT2D eigenvalue weighted by molar-refractivity contribution is 0.729. The molecular weight excluding hydrogens is 242 g/mol. The monoisotopic (exact) mass is 251 g/mol. The number of aromatic nitrogens is 2. The van der Waals surface area contributed by atoms with Crippen LogP contribution < -0.4 is 4.90 Å². The van der Waals surface area contributed by atoms with Gasteiger partial charge in [0.05, 0.1) is 0 Å². The van der Waals surface area contributed by atoms with Crippen LogP contribution in [-0.4, -0.2) is 16.5 Å². The van der Waals surface area contributed by atoms with Gasteiger partial charge < -0.3 is 4.90 Å². The van der Waals surface area contributed by atoms with Crippen molar-refractivity contribution < 1.29 is 0 Å². The number of halogens is 1. The van der Waals surface area contributed by atoms with Crippen molar-refractivity contribution in [2.45, 2.75) is 13.0 Å². The zero-order valence-corrected chi connectivity index (χ0v) is 10.1. The highest BCUT2D eigenvalue weighted by Crippen LogP contribution is 2.29. The Balaban J connectivity index is 1.92. The molecule has 1 aliphatic rings. The molecule has 0 fully saturated rings. The summed E-state index contributed by atoms with van der Waals surface area (Å²) in [5, 5.41) is 2.63. The summed E-state index contributed by atoms with van der Waals surface area (Å²) in [5.41, 5.74) is 1.39. The van der Waals surface area contributed by atoms with Gasteiger partial charge in [-0.15, -0.1) is 11.3 Å². The molecule has 0 radical (unpaired) electrons. The molecule has 3 rings (SSSR count). The first-order chi connectivity index (χ1) is 7.84. The van der Waals surface area contributed by atoms with Crippen molar-refractivity contribution >= 4 is 28.8 Å². The molecule has 16 heavy (non-hydrogen) atoms. The fourth-order valence-corrected chi connectivity index (χ4v) is 3.07. The van der Waals surface area contributed by atoms with Crippen LogP contribution in [0.2, 0.25) is 5.15 Å². The van der Waals surface area contributed by atoms with E-state index >= 15 is 0 Å². The molecule has 0 saturated carbocycles. The molecule has 5 heteroatoms. The average molecular weight is 252 g/mol. The minimum absolute atomic E-state index is 0.487. The van der Waals surface area contributed by atoms with Gasteiger partial charge in [0, 0.05) is 30.4 Å². The lowest BCUT2D eigenvalue weighted by Crippen LogP contribution is -2.30. The minimum atomic E-state index is 0.487. The van der Waals surface area contributed by atoms with Gasteiger partial charge in [0.2, 0.25) is 0 Å². The van der Waals surface area contributed by atoms with Crippen molar-refractivity contribution in [2.24, 2.45) is 0 Å². The van der Waals surface area contributed by atoms with Gasteiger partial charge in [-0.05, 0) is 23.4 Å². The highest BCUT2D eigenvalue weighted by molar-refractivity contribution is 7.10. The fraction of sp³-hybridized carbons (Fsp3) is 0.273. The van der Waals surface area contributed by atoms with Crippen molar-refractivity contribution in [2.75, 3.05) is 11.4 Å². The second-order valence-corrected chi connectivity index (χ2v) is 5.07. The molecule has 2 aromatic heterocycles. The minimum Gasteiger partial charge on any atom is -0.349 e. The molecule has 0 amide bonds. The van der Waals surface area contributed by atoms with Crippen LogP contribution in [0.1, 0.15) is 10.4 Å². The average Bonchev–Trinajstić information content (AvgIpc) is 2.76. The zero-order valence-electron chi connectivity index (χ0n) is 8.56. The van der Waals surface area contributed by atoms with Gasteiger partial charge >= 0.3 is 0 Å². The number of fused-ring (bicyclic) bond motifs is 1. The topological polar surface area (TPSA) is 29.0 Å². The summed E-state index contributed by atoms with van der Waals surface area (Å²) >= 11 is 7.88. The second-order valence-electron chi connectivity index (χ2n) is 3.71. The van der Waals surface area contributed by atoms with Gasteiger partial charge in [0.1, 0.15) is 0 Å². The summed E-state index contributed by atoms with van der Waals surface area (Å²) in [6.07, 6.45) is 4.37. The fourth-order valence-electron chi connectivity index (χ4n) is 1.96. The summed E-state index contributed by atoms with van der Waals surface area (Å²) in [4.78, 5) is 12.0. The maximum atomic E-state index is 6.05. The summed E-state index contributed by atoms with van der Waals surface area (Å²) in [5.74, 6) is 0.793. The van der Waals surface area contributed by atoms with Gasteiger partial charge in [-0.2, -0.15) is 0 Å². The number of rotatable bonds is 1. The Hall–Kier alpha value is -1.13. The predicted octanol–water partition coefficient (Wildman–Crippen LogP) is 2.75. The van der Waals surface area contributed by atoms with Gasteiger partial charge in [-0.1, -0.05) is 11.6 Å². The van der Waals surface area contributed by atoms with E-state index in [2.05, 4.69) is 26.3 Å². The highest BCUT2D eigenvalue weighted by Gasteiger charge is 2.20. The largest absolute Gasteiger partial charge is 0.349 e. The van der Waals surface area contributed by atoms with Crippen LogP contribution in [0.25, 0.3) is 0 Å². The first kappa shape index (κ1) is 10.1. The van der Waals surface area contributed by atoms with E-state index in [4.69, 9.17) is 11.6 Å². The van der Waals surface area contributed by atoms with E-state index in [9.17, 15) is 0 Å². The maximum Gasteiger partial charge on any atom is 0.171 e. The molecule has 0 aromatic carbocycles. The summed E-state index contributed by atoms with van der Waals surface area (Å²) in [6, 6.07) is 2.18. The Kier molecular flexibility index (Phi) is 2.53. The standard InChI is InChI=1S/C11H10ClN3S/c12-10-11(14-4-3-13-10)15-5-1-9-8(7-15)2-6-16-9/h2-4,6H,1,5,7H2. The molecular formula is C11H10ClN3S. The smallest absolute Gasteiger partial charge is 0.171 e. The van der Waals surface area contributed by atoms with E-state index in [-0.39, 0.29) is 0 Å². The number of hydrogen-bond donors (Lipinski definition) is 0. The van der Waals surface area contributed by atoms with Crippen LogP contribution >= 0.6 is 22.9 Å². The van der Waals surface area contributed by atoms with E-state index in [0.717, 1.165) is 25.3 Å². The first-order valence-corrected chi connectivity index (χ1v) is 6.37. The van der Waals surface area contributed by atoms with Gasteiger partial charge in [0.15, 0.2) is 11.0 Å². The summed E-state index contributed by atoms with van der Waals surface area (Å²) in [6.45, 7) is 1.85. The molecule has 1 aliphatic heterocycles. The number of hydrogen-bond acceptors (Lipinski definition) is 4. The molecule has 0 saturated heterocycles. The Morgan fingerprint density at radius 3 is 3.06 bits per heavy atom. The molecule has 0 N–H and O–H groups in total. The van der Waals surface area contributed by atoms with Gasteiger partial charge in [-0.3, -0.25) is 0 Å². The predicted molar refractivity (Wildman–Crippen MR) is 66.1 cm³/mol. The third-order valence-corrected chi connectivity index (χ3v) is 4.03. The van der Waals surface area contributed by atoms with Crippen LogP contribution in [-0.2, 0) is 13.0 Å². The van der Waals surface area contributed by atoms with Crippen molar-refractivity contribution in [3.63, 3.8) is 0 Å². The van der Waals surface area contributed by atoms with Crippen LogP contribution in [0.5, 0.6) is 0 Å². The van der Waals surface area contributed by atoms with Crippen molar-refractivity contribution in [3.05, 3.63) is 39.4 Å². The SMILES string of the molecule is Clc1nccnc1N1CCc2sccc2C1. The van der Waals surface area contributed by atoms with E-state index in [1.165, 1.54) is 10.4 Å². The molecule has 0 spiro atoms. The van der Waals surface area contributed by atoms with Crippen LogP contribution in [0.3, 0.4) is 0 Å².